The fraction of sp³-hybridized carbons (Fsp3) is 0.125. The lowest BCUT2D eigenvalue weighted by Gasteiger charge is -2.08. The smallest absolute Gasteiger partial charge is 0.338 e. The summed E-state index contributed by atoms with van der Waals surface area (Å²) in [5.74, 6) is -0.394. The zero-order valence-electron chi connectivity index (χ0n) is 12.0. The quantitative estimate of drug-likeness (QED) is 0.651. The molecule has 22 heavy (non-hydrogen) atoms. The molecule has 0 fully saturated rings. The summed E-state index contributed by atoms with van der Waals surface area (Å²) in [7, 11) is 1.54. The molecule has 0 saturated heterocycles. The van der Waals surface area contributed by atoms with Crippen molar-refractivity contribution in [2.45, 2.75) is 0 Å². The first kappa shape index (κ1) is 15.4. The number of hydrogen-bond acceptors (Lipinski definition) is 5. The van der Waals surface area contributed by atoms with Crippen LogP contribution in [0, 0.1) is 0 Å². The third-order valence-electron chi connectivity index (χ3n) is 2.83. The molecule has 3 N–H and O–H groups in total. The second kappa shape index (κ2) is 7.12. The maximum absolute atomic E-state index is 11.8. The summed E-state index contributed by atoms with van der Waals surface area (Å²) in [4.78, 5) is 23.5. The van der Waals surface area contributed by atoms with Crippen LogP contribution < -0.4 is 15.8 Å². The monoisotopic (exact) mass is 300 g/mol. The first-order valence-electron chi connectivity index (χ1n) is 6.55. The standard InChI is InChI=1S/C16H16N2O4/c1-21-14-4-2-3-13(9-14)18-15(19)10-22-16(20)11-5-7-12(17)8-6-11/h2-9H,10,17H2,1H3,(H,18,19). The SMILES string of the molecule is COc1cccc(NC(=O)COC(=O)c2ccc(N)cc2)c1. The summed E-state index contributed by atoms with van der Waals surface area (Å²) in [5.41, 5.74) is 6.98. The highest BCUT2D eigenvalue weighted by molar-refractivity contribution is 5.95. The molecule has 0 unspecified atom stereocenters. The first-order chi connectivity index (χ1) is 10.6. The molecule has 0 atom stereocenters. The Morgan fingerprint density at radius 1 is 1.14 bits per heavy atom. The summed E-state index contributed by atoms with van der Waals surface area (Å²) >= 11 is 0. The minimum atomic E-state index is -0.583. The molecule has 2 aromatic carbocycles. The number of carbonyl (C=O) groups excluding carboxylic acids is 2. The summed E-state index contributed by atoms with van der Waals surface area (Å²) < 4.78 is 9.99. The molecule has 0 aromatic heterocycles. The van der Waals surface area contributed by atoms with Crippen molar-refractivity contribution in [2.24, 2.45) is 0 Å². The third-order valence-corrected chi connectivity index (χ3v) is 2.83. The lowest BCUT2D eigenvalue weighted by Crippen LogP contribution is -2.20. The molecule has 0 spiro atoms. The second-order valence-corrected chi connectivity index (χ2v) is 4.48. The number of hydrogen-bond donors (Lipinski definition) is 2. The van der Waals surface area contributed by atoms with Crippen molar-refractivity contribution in [3.8, 4) is 5.75 Å². The van der Waals surface area contributed by atoms with E-state index in [1.54, 1.807) is 36.4 Å². The Bertz CT molecular complexity index is 668. The molecule has 0 radical (unpaired) electrons. The highest BCUT2D eigenvalue weighted by Gasteiger charge is 2.10. The molecule has 0 aliphatic rings. The average Bonchev–Trinajstić information content (AvgIpc) is 2.53. The van der Waals surface area contributed by atoms with Crippen molar-refractivity contribution in [3.63, 3.8) is 0 Å². The molecule has 0 bridgehead atoms. The van der Waals surface area contributed by atoms with Crippen LogP contribution in [0.4, 0.5) is 11.4 Å². The normalized spacial score (nSPS) is 9.86. The van der Waals surface area contributed by atoms with Gasteiger partial charge in [0.05, 0.1) is 12.7 Å². The number of carbonyl (C=O) groups is 2. The number of nitrogens with one attached hydrogen (secondary N) is 1. The Morgan fingerprint density at radius 2 is 1.86 bits per heavy atom. The summed E-state index contributed by atoms with van der Waals surface area (Å²) in [6.45, 7) is -0.375. The first-order valence-corrected chi connectivity index (χ1v) is 6.55. The predicted molar refractivity (Wildman–Crippen MR) is 82.8 cm³/mol. The van der Waals surface area contributed by atoms with Gasteiger partial charge in [-0.05, 0) is 36.4 Å². The molecule has 114 valence electrons. The van der Waals surface area contributed by atoms with Gasteiger partial charge in [-0.15, -0.1) is 0 Å². The van der Waals surface area contributed by atoms with Crippen LogP contribution in [-0.2, 0) is 9.53 Å². The Balaban J connectivity index is 1.87. The molecule has 2 aromatic rings. The van der Waals surface area contributed by atoms with Gasteiger partial charge in [-0.1, -0.05) is 6.07 Å². The average molecular weight is 300 g/mol. The Kier molecular flexibility index (Phi) is 4.98. The highest BCUT2D eigenvalue weighted by atomic mass is 16.5. The number of ether oxygens (including phenoxy) is 2. The molecule has 6 heteroatoms. The van der Waals surface area contributed by atoms with E-state index in [1.807, 2.05) is 0 Å². The van der Waals surface area contributed by atoms with Crippen LogP contribution >= 0.6 is 0 Å². The van der Waals surface area contributed by atoms with Crippen molar-refractivity contribution >= 4 is 23.3 Å². The number of rotatable bonds is 5. The second-order valence-electron chi connectivity index (χ2n) is 4.48. The van der Waals surface area contributed by atoms with Crippen LogP contribution in [0.1, 0.15) is 10.4 Å². The zero-order valence-corrected chi connectivity index (χ0v) is 12.0. The van der Waals surface area contributed by atoms with Gasteiger partial charge in [-0.3, -0.25) is 4.79 Å². The Labute approximate surface area is 127 Å². The number of esters is 1. The molecule has 0 aliphatic heterocycles. The van der Waals surface area contributed by atoms with E-state index in [-0.39, 0.29) is 6.61 Å². The zero-order chi connectivity index (χ0) is 15.9. The lowest BCUT2D eigenvalue weighted by atomic mass is 10.2. The Morgan fingerprint density at radius 3 is 2.55 bits per heavy atom. The van der Waals surface area contributed by atoms with Crippen molar-refractivity contribution in [1.29, 1.82) is 0 Å². The van der Waals surface area contributed by atoms with Gasteiger partial charge in [0.15, 0.2) is 6.61 Å². The van der Waals surface area contributed by atoms with E-state index < -0.39 is 11.9 Å². The van der Waals surface area contributed by atoms with Crippen molar-refractivity contribution < 1.29 is 19.1 Å². The minimum absolute atomic E-state index is 0.336. The van der Waals surface area contributed by atoms with Crippen LogP contribution in [0.25, 0.3) is 0 Å². The van der Waals surface area contributed by atoms with E-state index in [1.165, 1.54) is 19.2 Å². The van der Waals surface area contributed by atoms with E-state index in [4.69, 9.17) is 15.2 Å². The number of methoxy groups -OCH3 is 1. The van der Waals surface area contributed by atoms with Gasteiger partial charge in [0.25, 0.3) is 5.91 Å². The van der Waals surface area contributed by atoms with Gasteiger partial charge in [0.1, 0.15) is 5.75 Å². The summed E-state index contributed by atoms with van der Waals surface area (Å²) in [6.07, 6.45) is 0. The molecule has 2 rings (SSSR count). The van der Waals surface area contributed by atoms with Crippen molar-refractivity contribution in [1.82, 2.24) is 0 Å². The molecular weight excluding hydrogens is 284 g/mol. The van der Waals surface area contributed by atoms with Gasteiger partial charge in [0, 0.05) is 17.4 Å². The van der Waals surface area contributed by atoms with Crippen molar-refractivity contribution in [2.75, 3.05) is 24.8 Å². The lowest BCUT2D eigenvalue weighted by molar-refractivity contribution is -0.119. The minimum Gasteiger partial charge on any atom is -0.497 e. The molecule has 0 aliphatic carbocycles. The number of nitrogen functional groups attached to an aromatic ring is 1. The number of benzene rings is 2. The van der Waals surface area contributed by atoms with E-state index in [9.17, 15) is 9.59 Å². The van der Waals surface area contributed by atoms with Gasteiger partial charge >= 0.3 is 5.97 Å². The molecule has 6 nitrogen and oxygen atoms in total. The predicted octanol–water partition coefficient (Wildman–Crippen LogP) is 2.07. The van der Waals surface area contributed by atoms with Crippen LogP contribution in [0.2, 0.25) is 0 Å². The summed E-state index contributed by atoms with van der Waals surface area (Å²) in [6, 6.07) is 13.1. The largest absolute Gasteiger partial charge is 0.497 e. The van der Waals surface area contributed by atoms with Crippen LogP contribution in [0.5, 0.6) is 5.75 Å². The van der Waals surface area contributed by atoms with Gasteiger partial charge < -0.3 is 20.5 Å². The van der Waals surface area contributed by atoms with Crippen LogP contribution in [-0.4, -0.2) is 25.6 Å². The number of amides is 1. The Hall–Kier alpha value is -3.02. The molecule has 1 amide bonds. The van der Waals surface area contributed by atoms with E-state index >= 15 is 0 Å². The fourth-order valence-corrected chi connectivity index (χ4v) is 1.73. The van der Waals surface area contributed by atoms with Crippen molar-refractivity contribution in [3.05, 3.63) is 54.1 Å². The number of nitrogens with two attached hydrogens (primary N) is 1. The maximum atomic E-state index is 11.8. The van der Waals surface area contributed by atoms with E-state index in [0.29, 0.717) is 22.7 Å². The fourth-order valence-electron chi connectivity index (χ4n) is 1.73. The third kappa shape index (κ3) is 4.24. The molecular formula is C16H16N2O4. The van der Waals surface area contributed by atoms with Crippen LogP contribution in [0.3, 0.4) is 0 Å². The van der Waals surface area contributed by atoms with Gasteiger partial charge in [0.2, 0.25) is 0 Å². The summed E-state index contributed by atoms with van der Waals surface area (Å²) in [5, 5.41) is 2.62. The number of anilines is 2. The molecule has 0 saturated carbocycles. The maximum Gasteiger partial charge on any atom is 0.338 e. The molecule has 0 heterocycles. The highest BCUT2D eigenvalue weighted by Crippen LogP contribution is 2.16. The van der Waals surface area contributed by atoms with Crippen LogP contribution in [0.15, 0.2) is 48.5 Å². The topological polar surface area (TPSA) is 90.6 Å². The van der Waals surface area contributed by atoms with Gasteiger partial charge in [-0.25, -0.2) is 4.79 Å². The van der Waals surface area contributed by atoms with E-state index in [0.717, 1.165) is 0 Å². The van der Waals surface area contributed by atoms with E-state index in [2.05, 4.69) is 5.32 Å². The van der Waals surface area contributed by atoms with Gasteiger partial charge in [-0.2, -0.15) is 0 Å².